The predicted octanol–water partition coefficient (Wildman–Crippen LogP) is 0.0531. The van der Waals surface area contributed by atoms with Crippen molar-refractivity contribution < 1.29 is 4.79 Å². The molecule has 0 saturated carbocycles. The zero-order chi connectivity index (χ0) is 10.7. The van der Waals surface area contributed by atoms with Crippen LogP contribution in [0.15, 0.2) is 0 Å². The molecule has 0 radical (unpaired) electrons. The average Bonchev–Trinajstić information content (AvgIpc) is 2.78. The van der Waals surface area contributed by atoms with Gasteiger partial charge in [0.1, 0.15) is 5.82 Å². The number of carbonyl (C=O) groups excluding carboxylic acids is 1. The van der Waals surface area contributed by atoms with Crippen molar-refractivity contribution in [2.45, 2.75) is 18.8 Å². The summed E-state index contributed by atoms with van der Waals surface area (Å²) in [6.45, 7) is 2.00. The van der Waals surface area contributed by atoms with Crippen molar-refractivity contribution in [2.75, 3.05) is 20.1 Å². The van der Waals surface area contributed by atoms with Crippen molar-refractivity contribution in [2.24, 2.45) is 0 Å². The Morgan fingerprint density at radius 2 is 2.12 bits per heavy atom. The molecule has 2 rings (SSSR count). The number of nitrogens with zero attached hydrogens (tertiary/aromatic N) is 2. The molecular weight excluding hydrogens is 230 g/mol. The number of aromatic amines is 1. The van der Waals surface area contributed by atoms with Crippen molar-refractivity contribution >= 4 is 18.3 Å². The second-order valence-corrected chi connectivity index (χ2v) is 3.65. The van der Waals surface area contributed by atoms with Gasteiger partial charge in [0.05, 0.1) is 0 Å². The average molecular weight is 246 g/mol. The number of hydrogen-bond donors (Lipinski definition) is 3. The molecule has 6 nitrogen and oxygen atoms in total. The van der Waals surface area contributed by atoms with E-state index in [1.54, 1.807) is 7.05 Å². The van der Waals surface area contributed by atoms with E-state index in [1.807, 2.05) is 0 Å². The van der Waals surface area contributed by atoms with Crippen LogP contribution < -0.4 is 10.6 Å². The Morgan fingerprint density at radius 3 is 2.75 bits per heavy atom. The second kappa shape index (κ2) is 5.81. The van der Waals surface area contributed by atoms with E-state index in [0.717, 1.165) is 31.8 Å². The van der Waals surface area contributed by atoms with E-state index in [9.17, 15) is 4.79 Å². The first-order valence-corrected chi connectivity index (χ1v) is 5.16. The summed E-state index contributed by atoms with van der Waals surface area (Å²) in [5.41, 5.74) is 0. The van der Waals surface area contributed by atoms with Crippen molar-refractivity contribution in [1.29, 1.82) is 0 Å². The largest absolute Gasteiger partial charge is 0.352 e. The summed E-state index contributed by atoms with van der Waals surface area (Å²) >= 11 is 0. The number of H-pyrrole nitrogens is 1. The summed E-state index contributed by atoms with van der Waals surface area (Å²) in [5, 5.41) is 12.5. The van der Waals surface area contributed by atoms with Crippen molar-refractivity contribution in [3.63, 3.8) is 0 Å². The van der Waals surface area contributed by atoms with Gasteiger partial charge in [-0.2, -0.15) is 0 Å². The van der Waals surface area contributed by atoms with Gasteiger partial charge in [0.2, 0.25) is 5.82 Å². The molecule has 0 unspecified atom stereocenters. The van der Waals surface area contributed by atoms with Crippen LogP contribution in [-0.2, 0) is 0 Å². The number of amides is 1. The highest BCUT2D eigenvalue weighted by Crippen LogP contribution is 2.21. The first-order chi connectivity index (χ1) is 7.31. The van der Waals surface area contributed by atoms with E-state index in [4.69, 9.17) is 0 Å². The maximum atomic E-state index is 11.2. The lowest BCUT2D eigenvalue weighted by molar-refractivity contribution is 0.0953. The highest BCUT2D eigenvalue weighted by atomic mass is 35.5. The standard InChI is InChI=1S/C9H15N5O.ClH/c1-10-9(15)8-12-7(13-14-8)6-2-4-11-5-3-6;/h6,11H,2-5H2,1H3,(H,10,15)(H,12,13,14);1H. The third kappa shape index (κ3) is 2.70. The fraction of sp³-hybridized carbons (Fsp3) is 0.667. The smallest absolute Gasteiger partial charge is 0.290 e. The normalized spacial score (nSPS) is 16.6. The number of nitrogens with one attached hydrogen (secondary N) is 3. The SMILES string of the molecule is CNC(=O)c1n[nH]c(C2CCNCC2)n1.Cl. The minimum atomic E-state index is -0.244. The van der Waals surface area contributed by atoms with Gasteiger partial charge in [0.25, 0.3) is 5.91 Å². The molecule has 1 aromatic rings. The van der Waals surface area contributed by atoms with Crippen molar-refractivity contribution in [3.8, 4) is 0 Å². The third-order valence-electron chi connectivity index (χ3n) is 2.66. The first kappa shape index (κ1) is 12.9. The zero-order valence-electron chi connectivity index (χ0n) is 9.12. The molecule has 1 aliphatic heterocycles. The summed E-state index contributed by atoms with van der Waals surface area (Å²) < 4.78 is 0. The molecule has 90 valence electrons. The van der Waals surface area contributed by atoms with Crippen molar-refractivity contribution in [1.82, 2.24) is 25.8 Å². The lowest BCUT2D eigenvalue weighted by Gasteiger charge is -2.19. The van der Waals surface area contributed by atoms with E-state index in [-0.39, 0.29) is 24.1 Å². The highest BCUT2D eigenvalue weighted by molar-refractivity contribution is 5.90. The molecule has 3 N–H and O–H groups in total. The molecule has 1 aliphatic rings. The van der Waals surface area contributed by atoms with Gasteiger partial charge >= 0.3 is 0 Å². The minimum absolute atomic E-state index is 0. The summed E-state index contributed by atoms with van der Waals surface area (Å²) in [7, 11) is 1.57. The fourth-order valence-corrected chi connectivity index (χ4v) is 1.77. The van der Waals surface area contributed by atoms with E-state index in [0.29, 0.717) is 5.92 Å². The number of rotatable bonds is 2. The van der Waals surface area contributed by atoms with Gasteiger partial charge in [-0.25, -0.2) is 4.98 Å². The Bertz CT molecular complexity index is 347. The third-order valence-corrected chi connectivity index (χ3v) is 2.66. The molecule has 0 aromatic carbocycles. The van der Waals surface area contributed by atoms with Crippen LogP contribution >= 0.6 is 12.4 Å². The predicted molar refractivity (Wildman–Crippen MR) is 61.9 cm³/mol. The van der Waals surface area contributed by atoms with Crippen LogP contribution in [0.3, 0.4) is 0 Å². The maximum absolute atomic E-state index is 11.2. The van der Waals surface area contributed by atoms with Gasteiger partial charge in [-0.15, -0.1) is 17.5 Å². The second-order valence-electron chi connectivity index (χ2n) is 3.65. The molecule has 0 bridgehead atoms. The zero-order valence-corrected chi connectivity index (χ0v) is 9.93. The molecule has 1 amide bonds. The van der Waals surface area contributed by atoms with E-state index < -0.39 is 0 Å². The van der Waals surface area contributed by atoms with Gasteiger partial charge in [0, 0.05) is 13.0 Å². The quantitative estimate of drug-likeness (QED) is 0.688. The lowest BCUT2D eigenvalue weighted by Crippen LogP contribution is -2.27. The lowest BCUT2D eigenvalue weighted by atomic mass is 9.98. The number of aromatic nitrogens is 3. The fourth-order valence-electron chi connectivity index (χ4n) is 1.77. The molecule has 1 fully saturated rings. The van der Waals surface area contributed by atoms with E-state index >= 15 is 0 Å². The van der Waals surface area contributed by atoms with Gasteiger partial charge < -0.3 is 10.6 Å². The molecular formula is C9H16ClN5O. The number of halogens is 1. The minimum Gasteiger partial charge on any atom is -0.352 e. The number of carbonyl (C=O) groups is 1. The van der Waals surface area contributed by atoms with Gasteiger partial charge in [-0.1, -0.05) is 0 Å². The molecule has 0 spiro atoms. The maximum Gasteiger partial charge on any atom is 0.290 e. The summed E-state index contributed by atoms with van der Waals surface area (Å²) in [6.07, 6.45) is 2.09. The van der Waals surface area contributed by atoms with Crippen LogP contribution in [0.25, 0.3) is 0 Å². The molecule has 7 heteroatoms. The van der Waals surface area contributed by atoms with Crippen molar-refractivity contribution in [3.05, 3.63) is 11.6 Å². The monoisotopic (exact) mass is 245 g/mol. The topological polar surface area (TPSA) is 82.7 Å². The van der Waals surface area contributed by atoms with Gasteiger partial charge in [-0.05, 0) is 25.9 Å². The number of piperidine rings is 1. The first-order valence-electron chi connectivity index (χ1n) is 5.16. The summed E-state index contributed by atoms with van der Waals surface area (Å²) in [4.78, 5) is 15.4. The number of hydrogen-bond acceptors (Lipinski definition) is 4. The Kier molecular flexibility index (Phi) is 4.70. The van der Waals surface area contributed by atoms with Crippen LogP contribution in [0, 0.1) is 0 Å². The Balaban J connectivity index is 0.00000128. The molecule has 0 aliphatic carbocycles. The van der Waals surface area contributed by atoms with Gasteiger partial charge in [0.15, 0.2) is 0 Å². The Hall–Kier alpha value is -1.14. The van der Waals surface area contributed by atoms with Crippen LogP contribution in [-0.4, -0.2) is 41.2 Å². The highest BCUT2D eigenvalue weighted by Gasteiger charge is 2.20. The summed E-state index contributed by atoms with van der Waals surface area (Å²) in [5.74, 6) is 1.21. The van der Waals surface area contributed by atoms with Crippen LogP contribution in [0.2, 0.25) is 0 Å². The molecule has 16 heavy (non-hydrogen) atoms. The van der Waals surface area contributed by atoms with Crippen LogP contribution in [0.1, 0.15) is 35.2 Å². The molecule has 1 aromatic heterocycles. The summed E-state index contributed by atoms with van der Waals surface area (Å²) in [6, 6.07) is 0. The van der Waals surface area contributed by atoms with Crippen LogP contribution in [0.4, 0.5) is 0 Å². The van der Waals surface area contributed by atoms with E-state index in [2.05, 4.69) is 25.8 Å². The van der Waals surface area contributed by atoms with E-state index in [1.165, 1.54) is 0 Å². The molecule has 1 saturated heterocycles. The van der Waals surface area contributed by atoms with Gasteiger partial charge in [-0.3, -0.25) is 9.89 Å². The van der Waals surface area contributed by atoms with Crippen LogP contribution in [0.5, 0.6) is 0 Å². The molecule has 0 atom stereocenters. The Labute approximate surface area is 100 Å². The molecule has 2 heterocycles. The Morgan fingerprint density at radius 1 is 1.44 bits per heavy atom.